The van der Waals surface area contributed by atoms with Gasteiger partial charge in [0.25, 0.3) is 5.91 Å². The van der Waals surface area contributed by atoms with E-state index >= 15 is 0 Å². The van der Waals surface area contributed by atoms with E-state index in [2.05, 4.69) is 31.4 Å². The van der Waals surface area contributed by atoms with Crippen molar-refractivity contribution < 1.29 is 9.18 Å². The van der Waals surface area contributed by atoms with Gasteiger partial charge in [-0.2, -0.15) is 10.2 Å². The molecule has 6 nitrogen and oxygen atoms in total. The number of carbonyl (C=O) groups is 1. The predicted molar refractivity (Wildman–Crippen MR) is 101 cm³/mol. The molecule has 0 fully saturated rings. The van der Waals surface area contributed by atoms with Crippen LogP contribution in [0.2, 0.25) is 10.0 Å². The van der Waals surface area contributed by atoms with Gasteiger partial charge in [-0.3, -0.25) is 14.2 Å². The Morgan fingerprint density at radius 1 is 1.35 bits per heavy atom. The van der Waals surface area contributed by atoms with Crippen molar-refractivity contribution in [3.63, 3.8) is 0 Å². The summed E-state index contributed by atoms with van der Waals surface area (Å²) >= 11 is 15.5. The lowest BCUT2D eigenvalue weighted by Crippen LogP contribution is -2.17. The maximum absolute atomic E-state index is 13.9. The molecule has 0 aliphatic carbocycles. The molecule has 1 N–H and O–H groups in total. The Hall–Kier alpha value is -1.90. The summed E-state index contributed by atoms with van der Waals surface area (Å²) in [7, 11) is 1.63. The van der Waals surface area contributed by atoms with Crippen molar-refractivity contribution in [1.82, 2.24) is 19.6 Å². The Morgan fingerprint density at radius 3 is 2.69 bits per heavy atom. The third-order valence-electron chi connectivity index (χ3n) is 3.70. The number of anilines is 1. The summed E-state index contributed by atoms with van der Waals surface area (Å²) in [4.78, 5) is 12.5. The first-order valence-corrected chi connectivity index (χ1v) is 8.99. The fraction of sp³-hybridized carbons (Fsp3) is 0.188. The zero-order valence-electron chi connectivity index (χ0n) is 13.7. The summed E-state index contributed by atoms with van der Waals surface area (Å²) in [6, 6.07) is 4.47. The van der Waals surface area contributed by atoms with Gasteiger partial charge in [-0.05, 0) is 35.0 Å². The summed E-state index contributed by atoms with van der Waals surface area (Å²) < 4.78 is 17.3. The Labute approximate surface area is 167 Å². The monoisotopic (exact) mass is 459 g/mol. The number of benzene rings is 1. The molecule has 2 aromatic heterocycles. The van der Waals surface area contributed by atoms with Gasteiger partial charge >= 0.3 is 0 Å². The molecule has 10 heteroatoms. The topological polar surface area (TPSA) is 64.7 Å². The van der Waals surface area contributed by atoms with Gasteiger partial charge in [-0.25, -0.2) is 4.39 Å². The van der Waals surface area contributed by atoms with E-state index in [9.17, 15) is 9.18 Å². The lowest BCUT2D eigenvalue weighted by Gasteiger charge is -2.06. The van der Waals surface area contributed by atoms with Crippen LogP contribution >= 0.6 is 39.1 Å². The van der Waals surface area contributed by atoms with Gasteiger partial charge in [0.1, 0.15) is 11.5 Å². The first-order valence-electron chi connectivity index (χ1n) is 7.44. The predicted octanol–water partition coefficient (Wildman–Crippen LogP) is 4.43. The van der Waals surface area contributed by atoms with Crippen LogP contribution < -0.4 is 5.32 Å². The largest absolute Gasteiger partial charge is 0.303 e. The van der Waals surface area contributed by atoms with Gasteiger partial charge < -0.3 is 5.32 Å². The zero-order chi connectivity index (χ0) is 19.0. The van der Waals surface area contributed by atoms with Gasteiger partial charge in [0, 0.05) is 23.8 Å². The lowest BCUT2D eigenvalue weighted by atomic mass is 10.2. The van der Waals surface area contributed by atoms with Crippen LogP contribution in [0.15, 0.2) is 28.9 Å². The highest BCUT2D eigenvalue weighted by atomic mass is 79.9. The number of halogens is 4. The summed E-state index contributed by atoms with van der Waals surface area (Å²) in [5.41, 5.74) is 1.09. The quantitative estimate of drug-likeness (QED) is 0.626. The molecule has 3 aromatic rings. The second kappa shape index (κ2) is 7.38. The van der Waals surface area contributed by atoms with Crippen LogP contribution in [-0.2, 0) is 13.6 Å². The minimum atomic E-state index is -0.451. The Kier molecular flexibility index (Phi) is 5.36. The Morgan fingerprint density at radius 2 is 2.08 bits per heavy atom. The molecule has 0 aliphatic heterocycles. The van der Waals surface area contributed by atoms with Crippen molar-refractivity contribution in [3.05, 3.63) is 61.7 Å². The number of aromatic nitrogens is 4. The van der Waals surface area contributed by atoms with Crippen LogP contribution in [-0.4, -0.2) is 25.5 Å². The molecule has 0 spiro atoms. The van der Waals surface area contributed by atoms with Crippen molar-refractivity contribution in [3.8, 4) is 0 Å². The highest BCUT2D eigenvalue weighted by Gasteiger charge is 2.21. The fourth-order valence-electron chi connectivity index (χ4n) is 2.45. The normalized spacial score (nSPS) is 11.0. The molecule has 0 radical (unpaired) electrons. The molecule has 0 saturated heterocycles. The van der Waals surface area contributed by atoms with E-state index in [1.54, 1.807) is 26.2 Å². The van der Waals surface area contributed by atoms with E-state index in [4.69, 9.17) is 23.2 Å². The van der Waals surface area contributed by atoms with Crippen molar-refractivity contribution in [2.75, 3.05) is 5.32 Å². The van der Waals surface area contributed by atoms with E-state index in [-0.39, 0.29) is 23.1 Å². The lowest BCUT2D eigenvalue weighted by molar-refractivity contribution is 0.101. The molecule has 2 heterocycles. The number of nitrogens with one attached hydrogen (secondary N) is 1. The van der Waals surface area contributed by atoms with Gasteiger partial charge in [-0.1, -0.05) is 29.3 Å². The number of hydrogen-bond donors (Lipinski definition) is 1. The first kappa shape index (κ1) is 18.9. The first-order chi connectivity index (χ1) is 12.3. The molecule has 3 rings (SSSR count). The molecule has 26 heavy (non-hydrogen) atoms. The third-order valence-corrected chi connectivity index (χ3v) is 5.08. The number of nitrogens with zero attached hydrogens (tertiary/aromatic N) is 4. The average Bonchev–Trinajstić information content (AvgIpc) is 3.02. The molecule has 1 amide bonds. The third kappa shape index (κ3) is 3.62. The minimum Gasteiger partial charge on any atom is -0.303 e. The van der Waals surface area contributed by atoms with Crippen LogP contribution in [0.1, 0.15) is 21.7 Å². The van der Waals surface area contributed by atoms with Crippen LogP contribution in [0.5, 0.6) is 0 Å². The van der Waals surface area contributed by atoms with E-state index in [0.29, 0.717) is 20.8 Å². The number of rotatable bonds is 4. The van der Waals surface area contributed by atoms with Crippen molar-refractivity contribution in [2.24, 2.45) is 7.05 Å². The fourth-order valence-corrected chi connectivity index (χ4v) is 3.34. The van der Waals surface area contributed by atoms with Crippen LogP contribution in [0.3, 0.4) is 0 Å². The number of carbonyl (C=O) groups excluding carboxylic acids is 1. The van der Waals surface area contributed by atoms with Crippen molar-refractivity contribution in [2.45, 2.75) is 13.5 Å². The summed E-state index contributed by atoms with van der Waals surface area (Å²) in [6.07, 6.45) is 1.62. The second-order valence-corrected chi connectivity index (χ2v) is 7.19. The van der Waals surface area contributed by atoms with Crippen LogP contribution in [0.25, 0.3) is 0 Å². The van der Waals surface area contributed by atoms with Gasteiger partial charge in [0.15, 0.2) is 5.82 Å². The summed E-state index contributed by atoms with van der Waals surface area (Å²) in [6.45, 7) is 1.83. The minimum absolute atomic E-state index is 0.117. The Bertz CT molecular complexity index is 981. The average molecular weight is 461 g/mol. The van der Waals surface area contributed by atoms with Gasteiger partial charge in [0.05, 0.1) is 21.7 Å². The molecule has 0 atom stereocenters. The van der Waals surface area contributed by atoms with E-state index < -0.39 is 11.7 Å². The smallest absolute Gasteiger partial charge is 0.276 e. The standard InChI is InChI=1S/C16H13BrCl2FN5O/c1-8-13(19)14(24(2)22-8)16(26)21-15-10(17)7-25(23-15)6-9-11(18)4-3-5-12(9)20/h3-5,7H,6H2,1-2H3,(H,21,23,26). The van der Waals surface area contributed by atoms with Crippen LogP contribution in [0.4, 0.5) is 10.2 Å². The van der Waals surface area contributed by atoms with E-state index in [1.165, 1.54) is 21.5 Å². The summed E-state index contributed by atoms with van der Waals surface area (Å²) in [5.74, 6) is -0.600. The highest BCUT2D eigenvalue weighted by molar-refractivity contribution is 9.10. The second-order valence-electron chi connectivity index (χ2n) is 5.55. The number of aryl methyl sites for hydroxylation is 2. The maximum Gasteiger partial charge on any atom is 0.276 e. The Balaban J connectivity index is 1.84. The number of hydrogen-bond acceptors (Lipinski definition) is 3. The van der Waals surface area contributed by atoms with Crippen molar-refractivity contribution in [1.29, 1.82) is 0 Å². The molecular weight excluding hydrogens is 448 g/mol. The molecule has 136 valence electrons. The van der Waals surface area contributed by atoms with Crippen molar-refractivity contribution >= 4 is 50.9 Å². The molecule has 0 bridgehead atoms. The molecule has 0 saturated carbocycles. The van der Waals surface area contributed by atoms with Crippen LogP contribution in [0, 0.1) is 12.7 Å². The van der Waals surface area contributed by atoms with Gasteiger partial charge in [-0.15, -0.1) is 0 Å². The van der Waals surface area contributed by atoms with E-state index in [0.717, 1.165) is 0 Å². The van der Waals surface area contributed by atoms with Gasteiger partial charge in [0.2, 0.25) is 0 Å². The summed E-state index contributed by atoms with van der Waals surface area (Å²) in [5, 5.41) is 11.6. The highest BCUT2D eigenvalue weighted by Crippen LogP contribution is 2.26. The molecular formula is C16H13BrCl2FN5O. The maximum atomic E-state index is 13.9. The molecule has 0 unspecified atom stereocenters. The number of amides is 1. The molecule has 0 aliphatic rings. The SMILES string of the molecule is Cc1nn(C)c(C(=O)Nc2nn(Cc3c(F)cccc3Cl)cc2Br)c1Cl. The zero-order valence-corrected chi connectivity index (χ0v) is 16.8. The van der Waals surface area contributed by atoms with E-state index in [1.807, 2.05) is 0 Å². The molecule has 1 aromatic carbocycles.